The van der Waals surface area contributed by atoms with Gasteiger partial charge in [-0.15, -0.1) is 0 Å². The average molecular weight is 326 g/mol. The van der Waals surface area contributed by atoms with Gasteiger partial charge in [0.1, 0.15) is 24.0 Å². The Bertz CT molecular complexity index is 768. The van der Waals surface area contributed by atoms with E-state index >= 15 is 0 Å². The Hall–Kier alpha value is -2.50. The highest BCUT2D eigenvalue weighted by molar-refractivity contribution is 5.78. The van der Waals surface area contributed by atoms with E-state index in [2.05, 4.69) is 5.32 Å². The number of aliphatic hydroxyl groups is 1. The van der Waals surface area contributed by atoms with E-state index in [4.69, 9.17) is 14.9 Å². The van der Waals surface area contributed by atoms with Crippen LogP contribution >= 0.6 is 0 Å². The molecule has 0 aliphatic carbocycles. The van der Waals surface area contributed by atoms with Gasteiger partial charge < -0.3 is 25.3 Å². The topological polar surface area (TPSA) is 80.7 Å². The standard InChI is InChI=1S/C19H22N2O3/c20-16-3-1-14(2-4-16)7-9-21-12-17(22)13-24-18-5-6-19-15(11-18)8-10-23-19/h1-6,8,10-11,17,21-22H,7,9,12-13,20H2/t17-/m0/s1. The normalized spacial score (nSPS) is 12.4. The summed E-state index contributed by atoms with van der Waals surface area (Å²) in [7, 11) is 0. The summed E-state index contributed by atoms with van der Waals surface area (Å²) in [6.45, 7) is 1.53. The van der Waals surface area contributed by atoms with Gasteiger partial charge in [0.15, 0.2) is 0 Å². The fraction of sp³-hybridized carbons (Fsp3) is 0.263. The number of aliphatic hydroxyl groups excluding tert-OH is 1. The van der Waals surface area contributed by atoms with Gasteiger partial charge in [-0.3, -0.25) is 0 Å². The summed E-state index contributed by atoms with van der Waals surface area (Å²) in [5.74, 6) is 0.727. The highest BCUT2D eigenvalue weighted by Crippen LogP contribution is 2.21. The Balaban J connectivity index is 1.36. The van der Waals surface area contributed by atoms with Crippen LogP contribution in [0.25, 0.3) is 11.0 Å². The van der Waals surface area contributed by atoms with Crippen LogP contribution in [0.4, 0.5) is 5.69 Å². The zero-order valence-corrected chi connectivity index (χ0v) is 13.4. The molecule has 1 aromatic heterocycles. The van der Waals surface area contributed by atoms with Crippen LogP contribution in [0.15, 0.2) is 59.2 Å². The summed E-state index contributed by atoms with van der Waals surface area (Å²) < 4.78 is 10.9. The third-order valence-electron chi connectivity index (χ3n) is 3.82. The molecule has 0 bridgehead atoms. The van der Waals surface area contributed by atoms with Gasteiger partial charge in [-0.25, -0.2) is 0 Å². The summed E-state index contributed by atoms with van der Waals surface area (Å²) in [6.07, 6.45) is 1.98. The minimum Gasteiger partial charge on any atom is -0.491 e. The SMILES string of the molecule is Nc1ccc(CCNC[C@H](O)COc2ccc3occc3c2)cc1. The van der Waals surface area contributed by atoms with Crippen molar-refractivity contribution in [2.45, 2.75) is 12.5 Å². The molecular weight excluding hydrogens is 304 g/mol. The number of nitrogens with one attached hydrogen (secondary N) is 1. The Kier molecular flexibility index (Phi) is 5.36. The maximum Gasteiger partial charge on any atom is 0.134 e. The molecule has 0 aliphatic rings. The largest absolute Gasteiger partial charge is 0.491 e. The van der Waals surface area contributed by atoms with Crippen molar-refractivity contribution in [2.75, 3.05) is 25.4 Å². The smallest absolute Gasteiger partial charge is 0.134 e. The van der Waals surface area contributed by atoms with Crippen LogP contribution in [0.5, 0.6) is 5.75 Å². The van der Waals surface area contributed by atoms with Gasteiger partial charge in [0.2, 0.25) is 0 Å². The molecule has 1 heterocycles. The maximum atomic E-state index is 9.99. The molecule has 0 saturated carbocycles. The van der Waals surface area contributed by atoms with Crippen molar-refractivity contribution in [2.24, 2.45) is 0 Å². The second-order valence-corrected chi connectivity index (χ2v) is 5.78. The van der Waals surface area contributed by atoms with Crippen LogP contribution in [0.2, 0.25) is 0 Å². The number of hydrogen-bond donors (Lipinski definition) is 3. The predicted molar refractivity (Wildman–Crippen MR) is 95.1 cm³/mol. The molecule has 3 rings (SSSR count). The molecule has 0 radical (unpaired) electrons. The number of benzene rings is 2. The number of nitrogen functional groups attached to an aromatic ring is 1. The zero-order valence-electron chi connectivity index (χ0n) is 13.4. The first-order valence-electron chi connectivity index (χ1n) is 8.04. The van der Waals surface area contributed by atoms with E-state index in [0.29, 0.717) is 6.54 Å². The van der Waals surface area contributed by atoms with Crippen molar-refractivity contribution < 1.29 is 14.3 Å². The fourth-order valence-electron chi connectivity index (χ4n) is 2.47. The maximum absolute atomic E-state index is 9.99. The van der Waals surface area contributed by atoms with Crippen molar-refractivity contribution in [3.63, 3.8) is 0 Å². The number of furan rings is 1. The Labute approximate surface area is 141 Å². The highest BCUT2D eigenvalue weighted by Gasteiger charge is 2.06. The summed E-state index contributed by atoms with van der Waals surface area (Å²) in [4.78, 5) is 0. The van der Waals surface area contributed by atoms with E-state index in [1.54, 1.807) is 6.26 Å². The van der Waals surface area contributed by atoms with Gasteiger partial charge in [-0.2, -0.15) is 0 Å². The van der Waals surface area contributed by atoms with E-state index in [1.165, 1.54) is 5.56 Å². The Morgan fingerprint density at radius 3 is 2.79 bits per heavy atom. The van der Waals surface area contributed by atoms with Crippen molar-refractivity contribution in [1.29, 1.82) is 0 Å². The van der Waals surface area contributed by atoms with Gasteiger partial charge >= 0.3 is 0 Å². The molecule has 24 heavy (non-hydrogen) atoms. The molecule has 1 atom stereocenters. The van der Waals surface area contributed by atoms with Gasteiger partial charge in [-0.1, -0.05) is 12.1 Å². The molecule has 4 N–H and O–H groups in total. The summed E-state index contributed by atoms with van der Waals surface area (Å²) in [5, 5.41) is 14.2. The number of ether oxygens (including phenoxy) is 1. The van der Waals surface area contributed by atoms with Crippen LogP contribution < -0.4 is 15.8 Å². The van der Waals surface area contributed by atoms with E-state index in [9.17, 15) is 5.11 Å². The summed E-state index contributed by atoms with van der Waals surface area (Å²) in [6, 6.07) is 15.3. The number of hydrogen-bond acceptors (Lipinski definition) is 5. The van der Waals surface area contributed by atoms with E-state index in [-0.39, 0.29) is 6.61 Å². The molecule has 0 unspecified atom stereocenters. The van der Waals surface area contributed by atoms with Gasteiger partial charge in [0, 0.05) is 17.6 Å². The third-order valence-corrected chi connectivity index (χ3v) is 3.82. The van der Waals surface area contributed by atoms with Gasteiger partial charge in [-0.05, 0) is 54.9 Å². The van der Waals surface area contributed by atoms with Gasteiger partial charge in [0.05, 0.1) is 6.26 Å². The lowest BCUT2D eigenvalue weighted by Gasteiger charge is -2.13. The van der Waals surface area contributed by atoms with E-state index in [0.717, 1.165) is 35.4 Å². The lowest BCUT2D eigenvalue weighted by atomic mass is 10.1. The second-order valence-electron chi connectivity index (χ2n) is 5.78. The third kappa shape index (κ3) is 4.50. The Morgan fingerprint density at radius 2 is 1.96 bits per heavy atom. The van der Waals surface area contributed by atoms with Crippen LogP contribution in [0.3, 0.4) is 0 Å². The van der Waals surface area contributed by atoms with Crippen LogP contribution in [0.1, 0.15) is 5.56 Å². The molecule has 0 fully saturated rings. The number of fused-ring (bicyclic) bond motifs is 1. The van der Waals surface area contributed by atoms with Gasteiger partial charge in [0.25, 0.3) is 0 Å². The second kappa shape index (κ2) is 7.86. The van der Waals surface area contributed by atoms with E-state index in [1.807, 2.05) is 48.5 Å². The predicted octanol–water partition coefficient (Wildman–Crippen LogP) is 2.59. The first-order chi connectivity index (χ1) is 11.7. The van der Waals surface area contributed by atoms with Crippen LogP contribution in [-0.2, 0) is 6.42 Å². The fourth-order valence-corrected chi connectivity index (χ4v) is 2.47. The molecule has 0 saturated heterocycles. The molecule has 0 aliphatic heterocycles. The number of nitrogens with two attached hydrogens (primary N) is 1. The first-order valence-corrected chi connectivity index (χ1v) is 8.04. The highest BCUT2D eigenvalue weighted by atomic mass is 16.5. The molecule has 0 spiro atoms. The monoisotopic (exact) mass is 326 g/mol. The van der Waals surface area contributed by atoms with E-state index < -0.39 is 6.10 Å². The molecule has 126 valence electrons. The minimum absolute atomic E-state index is 0.248. The molecule has 2 aromatic carbocycles. The zero-order chi connectivity index (χ0) is 16.8. The summed E-state index contributed by atoms with van der Waals surface area (Å²) in [5.41, 5.74) is 8.47. The number of anilines is 1. The lowest BCUT2D eigenvalue weighted by Crippen LogP contribution is -2.32. The minimum atomic E-state index is -0.559. The Morgan fingerprint density at radius 1 is 1.12 bits per heavy atom. The van der Waals surface area contributed by atoms with Crippen LogP contribution in [0, 0.1) is 0 Å². The van der Waals surface area contributed by atoms with Crippen molar-refractivity contribution in [1.82, 2.24) is 5.32 Å². The van der Waals surface area contributed by atoms with Crippen LogP contribution in [-0.4, -0.2) is 30.9 Å². The summed E-state index contributed by atoms with van der Waals surface area (Å²) >= 11 is 0. The molecule has 5 nitrogen and oxygen atoms in total. The quantitative estimate of drug-likeness (QED) is 0.438. The van der Waals surface area contributed by atoms with Crippen molar-refractivity contribution >= 4 is 16.7 Å². The molecular formula is C19H22N2O3. The van der Waals surface area contributed by atoms with Crippen molar-refractivity contribution in [3.8, 4) is 5.75 Å². The molecule has 0 amide bonds. The molecule has 5 heteroatoms. The molecule has 3 aromatic rings. The first kappa shape index (κ1) is 16.4. The van der Waals surface area contributed by atoms with Crippen molar-refractivity contribution in [3.05, 3.63) is 60.4 Å². The lowest BCUT2D eigenvalue weighted by molar-refractivity contribution is 0.107. The average Bonchev–Trinajstić information content (AvgIpc) is 3.06. The number of rotatable bonds is 8.